The predicted molar refractivity (Wildman–Crippen MR) is 117 cm³/mol. The van der Waals surface area contributed by atoms with Crippen molar-refractivity contribution >= 4 is 21.6 Å². The van der Waals surface area contributed by atoms with E-state index in [-0.39, 0.29) is 22.5 Å². The molecule has 3 aromatic carbocycles. The summed E-state index contributed by atoms with van der Waals surface area (Å²) in [4.78, 5) is 12.5. The lowest BCUT2D eigenvalue weighted by atomic mass is 10.1. The molecule has 0 saturated heterocycles. The van der Waals surface area contributed by atoms with Gasteiger partial charge in [0, 0.05) is 11.3 Å². The molecule has 0 aliphatic carbocycles. The van der Waals surface area contributed by atoms with Crippen LogP contribution in [0.15, 0.2) is 77.7 Å². The molecule has 0 heterocycles. The fraction of sp³-hybridized carbons (Fsp3) is 0.174. The quantitative estimate of drug-likeness (QED) is 0.537. The summed E-state index contributed by atoms with van der Waals surface area (Å²) >= 11 is 0. The molecule has 8 heteroatoms. The first-order valence-electron chi connectivity index (χ1n) is 9.70. The smallest absolute Gasteiger partial charge is 0.261 e. The number of carbonyl (C=O) groups is 1. The number of hydrogen-bond acceptors (Lipinski definition) is 4. The van der Waals surface area contributed by atoms with Crippen LogP contribution < -0.4 is 14.8 Å². The van der Waals surface area contributed by atoms with E-state index in [1.807, 2.05) is 38.1 Å². The number of amides is 1. The van der Waals surface area contributed by atoms with Crippen LogP contribution in [0.25, 0.3) is 0 Å². The number of benzene rings is 3. The Morgan fingerprint density at radius 1 is 0.968 bits per heavy atom. The van der Waals surface area contributed by atoms with Gasteiger partial charge in [0.25, 0.3) is 15.9 Å². The van der Waals surface area contributed by atoms with Gasteiger partial charge in [0.1, 0.15) is 11.6 Å². The zero-order chi connectivity index (χ0) is 22.4. The molecular formula is C23H23FN2O4S. The molecule has 0 fully saturated rings. The first-order chi connectivity index (χ1) is 14.8. The second-order valence-corrected chi connectivity index (χ2v) is 8.52. The van der Waals surface area contributed by atoms with Crippen molar-refractivity contribution < 1.29 is 22.3 Å². The molecule has 1 atom stereocenters. The van der Waals surface area contributed by atoms with E-state index >= 15 is 0 Å². The van der Waals surface area contributed by atoms with Crippen molar-refractivity contribution in [2.24, 2.45) is 0 Å². The Kier molecular flexibility index (Phi) is 6.91. The van der Waals surface area contributed by atoms with E-state index in [0.29, 0.717) is 12.2 Å². The lowest BCUT2D eigenvalue weighted by Gasteiger charge is -2.15. The number of rotatable bonds is 8. The summed E-state index contributed by atoms with van der Waals surface area (Å²) in [6, 6.07) is 17.8. The fourth-order valence-electron chi connectivity index (χ4n) is 2.90. The van der Waals surface area contributed by atoms with Crippen LogP contribution in [0.2, 0.25) is 0 Å². The molecule has 0 aromatic heterocycles. The number of nitrogens with one attached hydrogen (secondary N) is 2. The van der Waals surface area contributed by atoms with Gasteiger partial charge in [-0.15, -0.1) is 0 Å². The second kappa shape index (κ2) is 9.61. The summed E-state index contributed by atoms with van der Waals surface area (Å²) in [5.41, 5.74) is 1.49. The van der Waals surface area contributed by atoms with Crippen LogP contribution in [0.3, 0.4) is 0 Å². The summed E-state index contributed by atoms with van der Waals surface area (Å²) < 4.78 is 45.8. The number of anilines is 1. The topological polar surface area (TPSA) is 84.5 Å². The van der Waals surface area contributed by atoms with Gasteiger partial charge >= 0.3 is 0 Å². The van der Waals surface area contributed by atoms with Crippen molar-refractivity contribution in [3.8, 4) is 5.75 Å². The Balaban J connectivity index is 1.65. The van der Waals surface area contributed by atoms with Crippen molar-refractivity contribution in [3.63, 3.8) is 0 Å². The fourth-order valence-corrected chi connectivity index (χ4v) is 3.96. The summed E-state index contributed by atoms with van der Waals surface area (Å²) in [7, 11) is -3.86. The zero-order valence-corrected chi connectivity index (χ0v) is 17.9. The monoisotopic (exact) mass is 442 g/mol. The predicted octanol–water partition coefficient (Wildman–Crippen LogP) is 4.52. The molecule has 31 heavy (non-hydrogen) atoms. The molecule has 3 rings (SSSR count). The Labute approximate surface area is 181 Å². The lowest BCUT2D eigenvalue weighted by molar-refractivity contribution is 0.0940. The second-order valence-electron chi connectivity index (χ2n) is 6.83. The molecule has 1 unspecified atom stereocenters. The summed E-state index contributed by atoms with van der Waals surface area (Å²) in [6.45, 7) is 4.35. The maximum absolute atomic E-state index is 13.0. The van der Waals surface area contributed by atoms with E-state index in [4.69, 9.17) is 4.74 Å². The van der Waals surface area contributed by atoms with Gasteiger partial charge < -0.3 is 10.1 Å². The van der Waals surface area contributed by atoms with E-state index in [9.17, 15) is 17.6 Å². The number of halogens is 1. The van der Waals surface area contributed by atoms with Crippen LogP contribution in [-0.2, 0) is 10.0 Å². The average molecular weight is 443 g/mol. The summed E-state index contributed by atoms with van der Waals surface area (Å²) in [5, 5.41) is 2.89. The van der Waals surface area contributed by atoms with Crippen LogP contribution in [-0.4, -0.2) is 20.9 Å². The molecule has 6 nitrogen and oxygen atoms in total. The Morgan fingerprint density at radius 3 is 2.16 bits per heavy atom. The lowest BCUT2D eigenvalue weighted by Crippen LogP contribution is -2.26. The van der Waals surface area contributed by atoms with Crippen LogP contribution in [0.4, 0.5) is 10.1 Å². The molecule has 0 saturated carbocycles. The van der Waals surface area contributed by atoms with E-state index in [1.165, 1.54) is 36.4 Å². The van der Waals surface area contributed by atoms with E-state index in [0.717, 1.165) is 23.4 Å². The van der Waals surface area contributed by atoms with Crippen LogP contribution in [0.5, 0.6) is 5.75 Å². The molecule has 0 aliphatic heterocycles. The highest BCUT2D eigenvalue weighted by atomic mass is 32.2. The van der Waals surface area contributed by atoms with Gasteiger partial charge in [0.05, 0.1) is 17.5 Å². The van der Waals surface area contributed by atoms with Gasteiger partial charge in [-0.25, -0.2) is 12.8 Å². The van der Waals surface area contributed by atoms with Crippen LogP contribution in [0.1, 0.15) is 35.8 Å². The highest BCUT2D eigenvalue weighted by Crippen LogP contribution is 2.20. The van der Waals surface area contributed by atoms with Gasteiger partial charge in [0.2, 0.25) is 0 Å². The minimum atomic E-state index is -3.86. The third-order valence-electron chi connectivity index (χ3n) is 4.56. The standard InChI is InChI=1S/C23H23FN2O4S/c1-3-30-21-12-4-17(5-13-21)16(2)25-23(27)18-6-14-22(15-7-18)31(28,29)26-20-10-8-19(24)9-11-20/h4-16,26H,3H2,1-2H3,(H,25,27). The summed E-state index contributed by atoms with van der Waals surface area (Å²) in [6.07, 6.45) is 0. The van der Waals surface area contributed by atoms with Crippen molar-refractivity contribution in [1.82, 2.24) is 5.32 Å². The van der Waals surface area contributed by atoms with Gasteiger partial charge in [-0.3, -0.25) is 9.52 Å². The van der Waals surface area contributed by atoms with Crippen molar-refractivity contribution in [2.45, 2.75) is 24.8 Å². The molecular weight excluding hydrogens is 419 g/mol. The molecule has 0 radical (unpaired) electrons. The van der Waals surface area contributed by atoms with Crippen LogP contribution >= 0.6 is 0 Å². The van der Waals surface area contributed by atoms with Crippen LogP contribution in [0, 0.1) is 5.82 Å². The number of hydrogen-bond donors (Lipinski definition) is 2. The minimum Gasteiger partial charge on any atom is -0.494 e. The van der Waals surface area contributed by atoms with E-state index < -0.39 is 15.8 Å². The van der Waals surface area contributed by atoms with Gasteiger partial charge in [-0.2, -0.15) is 0 Å². The third-order valence-corrected chi connectivity index (χ3v) is 5.96. The first-order valence-corrected chi connectivity index (χ1v) is 11.2. The highest BCUT2D eigenvalue weighted by Gasteiger charge is 2.16. The largest absolute Gasteiger partial charge is 0.494 e. The van der Waals surface area contributed by atoms with Crippen molar-refractivity contribution in [2.75, 3.05) is 11.3 Å². The Bertz CT molecular complexity index is 1130. The Morgan fingerprint density at radius 2 is 1.58 bits per heavy atom. The zero-order valence-electron chi connectivity index (χ0n) is 17.1. The maximum Gasteiger partial charge on any atom is 0.261 e. The Hall–Kier alpha value is -3.39. The van der Waals surface area contributed by atoms with Crippen molar-refractivity contribution in [1.29, 1.82) is 0 Å². The van der Waals surface area contributed by atoms with Gasteiger partial charge in [-0.1, -0.05) is 12.1 Å². The normalized spacial score (nSPS) is 12.1. The molecule has 2 N–H and O–H groups in total. The van der Waals surface area contributed by atoms with E-state index in [2.05, 4.69) is 10.0 Å². The van der Waals surface area contributed by atoms with E-state index in [1.54, 1.807) is 0 Å². The van der Waals surface area contributed by atoms with Crippen molar-refractivity contribution in [3.05, 3.63) is 89.7 Å². The highest BCUT2D eigenvalue weighted by molar-refractivity contribution is 7.92. The molecule has 0 bridgehead atoms. The molecule has 3 aromatic rings. The molecule has 1 amide bonds. The maximum atomic E-state index is 13.0. The molecule has 0 spiro atoms. The summed E-state index contributed by atoms with van der Waals surface area (Å²) in [5.74, 6) is -0.0228. The number of sulfonamides is 1. The number of carbonyl (C=O) groups excluding carboxylic acids is 1. The van der Waals surface area contributed by atoms with Gasteiger partial charge in [-0.05, 0) is 80.1 Å². The SMILES string of the molecule is CCOc1ccc(C(C)NC(=O)c2ccc(S(=O)(=O)Nc3ccc(F)cc3)cc2)cc1. The molecule has 0 aliphatic rings. The third kappa shape index (κ3) is 5.82. The molecule has 162 valence electrons. The number of ether oxygens (including phenoxy) is 1. The average Bonchev–Trinajstić information content (AvgIpc) is 2.76. The van der Waals surface area contributed by atoms with Gasteiger partial charge in [0.15, 0.2) is 0 Å². The minimum absolute atomic E-state index is 0.00654. The first kappa shape index (κ1) is 22.3.